The summed E-state index contributed by atoms with van der Waals surface area (Å²) in [7, 11) is 0. The van der Waals surface area contributed by atoms with Gasteiger partial charge in [-0.15, -0.1) is 0 Å². The van der Waals surface area contributed by atoms with E-state index in [-0.39, 0.29) is 28.5 Å². The normalized spacial score (nSPS) is 14.3. The Morgan fingerprint density at radius 2 is 1.72 bits per heavy atom. The summed E-state index contributed by atoms with van der Waals surface area (Å²) in [5, 5.41) is 10.7. The van der Waals surface area contributed by atoms with Gasteiger partial charge >= 0.3 is 0 Å². The van der Waals surface area contributed by atoms with Gasteiger partial charge in [0.15, 0.2) is 0 Å². The van der Waals surface area contributed by atoms with Crippen LogP contribution in [0.15, 0.2) is 12.1 Å². The van der Waals surface area contributed by atoms with Crippen LogP contribution in [-0.2, 0) is 0 Å². The number of nitrogen functional groups attached to an aromatic ring is 1. The van der Waals surface area contributed by atoms with Crippen molar-refractivity contribution >= 4 is 23.2 Å². The van der Waals surface area contributed by atoms with E-state index in [2.05, 4.69) is 0 Å². The molecule has 0 atom stereocenters. The van der Waals surface area contributed by atoms with Crippen molar-refractivity contribution < 1.29 is 14.5 Å². The second kappa shape index (κ2) is 3.80. The third-order valence-corrected chi connectivity index (χ3v) is 2.78. The van der Waals surface area contributed by atoms with E-state index >= 15 is 0 Å². The molecule has 0 radical (unpaired) electrons. The number of carbonyl (C=O) groups excluding carboxylic acids is 2. The van der Waals surface area contributed by atoms with Crippen LogP contribution in [0.1, 0.15) is 34.6 Å². The number of nitro benzene ring substituents is 1. The summed E-state index contributed by atoms with van der Waals surface area (Å²) in [6.45, 7) is 3.39. The van der Waals surface area contributed by atoms with E-state index in [1.54, 1.807) is 13.8 Å². The van der Waals surface area contributed by atoms with Crippen LogP contribution in [0.2, 0.25) is 0 Å². The van der Waals surface area contributed by atoms with Crippen molar-refractivity contribution in [3.8, 4) is 0 Å². The van der Waals surface area contributed by atoms with E-state index in [1.807, 2.05) is 0 Å². The van der Waals surface area contributed by atoms with Crippen LogP contribution in [0.5, 0.6) is 0 Å². The fourth-order valence-electron chi connectivity index (χ4n) is 1.94. The van der Waals surface area contributed by atoms with Crippen molar-refractivity contribution in [1.82, 2.24) is 4.90 Å². The third kappa shape index (κ3) is 1.52. The first-order valence-corrected chi connectivity index (χ1v) is 5.30. The predicted octanol–water partition coefficient (Wildman–Crippen LogP) is 1.18. The molecule has 0 aromatic heterocycles. The van der Waals surface area contributed by atoms with Crippen molar-refractivity contribution in [3.05, 3.63) is 33.4 Å². The zero-order chi connectivity index (χ0) is 13.6. The molecule has 0 bridgehead atoms. The molecule has 1 aromatic carbocycles. The number of nitrogens with two attached hydrogens (primary N) is 1. The third-order valence-electron chi connectivity index (χ3n) is 2.78. The SMILES string of the molecule is CC(C)N1C(=O)c2cc(N)c([N+](=O)[O-])cc2C1=O. The summed E-state index contributed by atoms with van der Waals surface area (Å²) in [4.78, 5) is 35.1. The largest absolute Gasteiger partial charge is 0.393 e. The Labute approximate surface area is 102 Å². The predicted molar refractivity (Wildman–Crippen MR) is 63.1 cm³/mol. The smallest absolute Gasteiger partial charge is 0.292 e. The topological polar surface area (TPSA) is 107 Å². The van der Waals surface area contributed by atoms with Crippen molar-refractivity contribution in [2.45, 2.75) is 19.9 Å². The molecule has 0 spiro atoms. The lowest BCUT2D eigenvalue weighted by Gasteiger charge is -2.17. The lowest BCUT2D eigenvalue weighted by Crippen LogP contribution is -2.35. The Bertz CT molecular complexity index is 580. The number of imide groups is 1. The van der Waals surface area contributed by atoms with E-state index < -0.39 is 16.7 Å². The summed E-state index contributed by atoms with van der Waals surface area (Å²) >= 11 is 0. The molecular weight excluding hydrogens is 238 g/mol. The Morgan fingerprint density at radius 3 is 2.17 bits per heavy atom. The van der Waals surface area contributed by atoms with Crippen LogP contribution >= 0.6 is 0 Å². The van der Waals surface area contributed by atoms with Crippen LogP contribution in [0, 0.1) is 10.1 Å². The maximum absolute atomic E-state index is 12.0. The monoisotopic (exact) mass is 249 g/mol. The Balaban J connectivity index is 2.63. The molecule has 1 heterocycles. The number of nitro groups is 1. The Kier molecular flexibility index (Phi) is 2.54. The van der Waals surface area contributed by atoms with Crippen molar-refractivity contribution in [3.63, 3.8) is 0 Å². The Morgan fingerprint density at radius 1 is 1.22 bits per heavy atom. The quantitative estimate of drug-likeness (QED) is 0.366. The molecule has 0 unspecified atom stereocenters. The summed E-state index contributed by atoms with van der Waals surface area (Å²) in [5.41, 5.74) is 5.18. The van der Waals surface area contributed by atoms with Gasteiger partial charge in [0.1, 0.15) is 5.69 Å². The summed E-state index contributed by atoms with van der Waals surface area (Å²) in [6, 6.07) is 1.95. The lowest BCUT2D eigenvalue weighted by molar-refractivity contribution is -0.383. The standard InChI is InChI=1S/C11H11N3O4/c1-5(2)13-10(15)6-3-8(12)9(14(17)18)4-7(6)11(13)16/h3-5H,12H2,1-2H3. The molecule has 1 aliphatic rings. The van der Waals surface area contributed by atoms with Crippen molar-refractivity contribution in [1.29, 1.82) is 0 Å². The van der Waals surface area contributed by atoms with Gasteiger partial charge in [0.05, 0.1) is 16.1 Å². The van der Waals surface area contributed by atoms with E-state index in [0.29, 0.717) is 0 Å². The van der Waals surface area contributed by atoms with Crippen LogP contribution < -0.4 is 5.73 Å². The molecule has 0 fully saturated rings. The Hall–Kier alpha value is -2.44. The molecule has 94 valence electrons. The molecule has 7 nitrogen and oxygen atoms in total. The number of hydrogen-bond acceptors (Lipinski definition) is 5. The van der Waals surface area contributed by atoms with Gasteiger partial charge in [0, 0.05) is 12.1 Å². The van der Waals surface area contributed by atoms with E-state index in [0.717, 1.165) is 11.0 Å². The first-order valence-electron chi connectivity index (χ1n) is 5.30. The van der Waals surface area contributed by atoms with Gasteiger partial charge in [0.25, 0.3) is 17.5 Å². The number of amides is 2. The van der Waals surface area contributed by atoms with Gasteiger partial charge in [-0.2, -0.15) is 0 Å². The van der Waals surface area contributed by atoms with E-state index in [9.17, 15) is 19.7 Å². The van der Waals surface area contributed by atoms with Gasteiger partial charge in [-0.3, -0.25) is 24.6 Å². The molecule has 2 amide bonds. The highest BCUT2D eigenvalue weighted by Crippen LogP contribution is 2.32. The minimum Gasteiger partial charge on any atom is -0.393 e. The number of rotatable bonds is 2. The number of carbonyl (C=O) groups is 2. The van der Waals surface area contributed by atoms with Crippen LogP contribution in [0.25, 0.3) is 0 Å². The zero-order valence-corrected chi connectivity index (χ0v) is 9.84. The molecule has 7 heteroatoms. The molecule has 18 heavy (non-hydrogen) atoms. The fourth-order valence-corrected chi connectivity index (χ4v) is 1.94. The summed E-state index contributed by atoms with van der Waals surface area (Å²) in [5.74, 6) is -0.986. The molecule has 0 saturated carbocycles. The zero-order valence-electron chi connectivity index (χ0n) is 9.84. The van der Waals surface area contributed by atoms with Crippen molar-refractivity contribution in [2.24, 2.45) is 0 Å². The highest BCUT2D eigenvalue weighted by Gasteiger charge is 2.39. The number of fused-ring (bicyclic) bond motifs is 1. The molecule has 0 saturated heterocycles. The first-order chi connectivity index (χ1) is 8.34. The minimum atomic E-state index is -0.675. The van der Waals surface area contributed by atoms with Crippen LogP contribution in [-0.4, -0.2) is 27.7 Å². The molecule has 0 aliphatic carbocycles. The molecule has 1 aliphatic heterocycles. The van der Waals surface area contributed by atoms with Crippen LogP contribution in [0.3, 0.4) is 0 Å². The minimum absolute atomic E-state index is 0.0367. The second-order valence-electron chi connectivity index (χ2n) is 4.29. The van der Waals surface area contributed by atoms with Gasteiger partial charge < -0.3 is 5.73 Å². The highest BCUT2D eigenvalue weighted by molar-refractivity contribution is 6.22. The lowest BCUT2D eigenvalue weighted by atomic mass is 10.1. The first kappa shape index (κ1) is 12.0. The van der Waals surface area contributed by atoms with Crippen LogP contribution in [0.4, 0.5) is 11.4 Å². The number of benzene rings is 1. The van der Waals surface area contributed by atoms with Gasteiger partial charge in [-0.25, -0.2) is 0 Å². The molecule has 1 aromatic rings. The summed E-state index contributed by atoms with van der Waals surface area (Å²) in [6.07, 6.45) is 0. The summed E-state index contributed by atoms with van der Waals surface area (Å²) < 4.78 is 0. The number of anilines is 1. The van der Waals surface area contributed by atoms with E-state index in [4.69, 9.17) is 5.73 Å². The maximum atomic E-state index is 12.0. The second-order valence-corrected chi connectivity index (χ2v) is 4.29. The number of hydrogen-bond donors (Lipinski definition) is 1. The average Bonchev–Trinajstić information content (AvgIpc) is 2.49. The van der Waals surface area contributed by atoms with Gasteiger partial charge in [0.2, 0.25) is 0 Å². The van der Waals surface area contributed by atoms with Crippen molar-refractivity contribution in [2.75, 3.05) is 5.73 Å². The number of nitrogens with zero attached hydrogens (tertiary/aromatic N) is 2. The van der Waals surface area contributed by atoms with E-state index in [1.165, 1.54) is 6.07 Å². The molecule has 2 rings (SSSR count). The average molecular weight is 249 g/mol. The van der Waals surface area contributed by atoms with Gasteiger partial charge in [-0.05, 0) is 19.9 Å². The van der Waals surface area contributed by atoms with Gasteiger partial charge in [-0.1, -0.05) is 0 Å². The molecule has 2 N–H and O–H groups in total. The molecular formula is C11H11N3O4. The fraction of sp³-hybridized carbons (Fsp3) is 0.273. The highest BCUT2D eigenvalue weighted by atomic mass is 16.6. The maximum Gasteiger partial charge on any atom is 0.292 e.